The van der Waals surface area contributed by atoms with Crippen molar-refractivity contribution in [2.75, 3.05) is 13.7 Å². The minimum Gasteiger partial charge on any atom is -0.497 e. The molecule has 24 heavy (non-hydrogen) atoms. The number of amides is 1. The summed E-state index contributed by atoms with van der Waals surface area (Å²) in [5.41, 5.74) is 2.97. The minimum atomic E-state index is 0.167. The number of aromatic nitrogens is 1. The van der Waals surface area contributed by atoms with E-state index in [9.17, 15) is 4.79 Å². The van der Waals surface area contributed by atoms with Gasteiger partial charge in [0.25, 0.3) is 0 Å². The molecule has 0 saturated carbocycles. The maximum atomic E-state index is 12.8. The van der Waals surface area contributed by atoms with E-state index in [1.807, 2.05) is 30.9 Å². The molecule has 3 rings (SSSR count). The Labute approximate surface area is 142 Å². The molecule has 5 nitrogen and oxygen atoms in total. The Hall–Kier alpha value is -2.30. The normalized spacial score (nSPS) is 17.3. The Bertz CT molecular complexity index is 686. The number of hydrogen-bond acceptors (Lipinski definition) is 4. The van der Waals surface area contributed by atoms with Crippen molar-refractivity contribution in [2.45, 2.75) is 45.6 Å². The average Bonchev–Trinajstić information content (AvgIpc) is 3.17. The Kier molecular flexibility index (Phi) is 4.88. The lowest BCUT2D eigenvalue weighted by molar-refractivity contribution is -0.131. The molecule has 0 bridgehead atoms. The fraction of sp³-hybridized carbons (Fsp3) is 0.474. The minimum absolute atomic E-state index is 0.167. The van der Waals surface area contributed by atoms with Crippen LogP contribution in [0.15, 0.2) is 28.8 Å². The van der Waals surface area contributed by atoms with Crippen molar-refractivity contribution in [1.29, 1.82) is 0 Å². The summed E-state index contributed by atoms with van der Waals surface area (Å²) in [6.07, 6.45) is 3.38. The molecule has 2 aromatic rings. The number of likely N-dealkylation sites (tertiary alicyclic amines) is 1. The predicted molar refractivity (Wildman–Crippen MR) is 91.1 cm³/mol. The fourth-order valence-corrected chi connectivity index (χ4v) is 3.42. The SMILES string of the molecule is COc1ccc(C[C@H]2CCCN2C(=O)Cc2c(C)noc2C)cc1. The number of carbonyl (C=O) groups excluding carboxylic acids is 1. The van der Waals surface area contributed by atoms with Crippen LogP contribution >= 0.6 is 0 Å². The van der Waals surface area contributed by atoms with E-state index in [0.29, 0.717) is 6.42 Å². The van der Waals surface area contributed by atoms with E-state index in [1.54, 1.807) is 7.11 Å². The maximum Gasteiger partial charge on any atom is 0.227 e. The lowest BCUT2D eigenvalue weighted by atomic mass is 10.0. The maximum absolute atomic E-state index is 12.8. The molecule has 0 N–H and O–H groups in total. The summed E-state index contributed by atoms with van der Waals surface area (Å²) in [7, 11) is 1.67. The Morgan fingerprint density at radius 1 is 1.33 bits per heavy atom. The molecular formula is C19H24N2O3. The molecule has 1 atom stereocenters. The molecule has 1 aromatic carbocycles. The van der Waals surface area contributed by atoms with Gasteiger partial charge < -0.3 is 14.2 Å². The molecular weight excluding hydrogens is 304 g/mol. The second-order valence-electron chi connectivity index (χ2n) is 6.41. The highest BCUT2D eigenvalue weighted by Gasteiger charge is 2.29. The number of carbonyl (C=O) groups is 1. The van der Waals surface area contributed by atoms with Gasteiger partial charge >= 0.3 is 0 Å². The van der Waals surface area contributed by atoms with Crippen LogP contribution in [0.1, 0.15) is 35.4 Å². The number of rotatable bonds is 5. The zero-order chi connectivity index (χ0) is 17.1. The molecule has 0 radical (unpaired) electrons. The molecule has 1 aliphatic heterocycles. The zero-order valence-corrected chi connectivity index (χ0v) is 14.5. The summed E-state index contributed by atoms with van der Waals surface area (Å²) in [6.45, 7) is 4.59. The Morgan fingerprint density at radius 2 is 2.08 bits per heavy atom. The summed E-state index contributed by atoms with van der Waals surface area (Å²) in [4.78, 5) is 14.8. The van der Waals surface area contributed by atoms with Gasteiger partial charge in [-0.1, -0.05) is 17.3 Å². The van der Waals surface area contributed by atoms with Crippen LogP contribution in [-0.2, 0) is 17.6 Å². The number of hydrogen-bond donors (Lipinski definition) is 0. The van der Waals surface area contributed by atoms with Crippen molar-refractivity contribution in [2.24, 2.45) is 0 Å². The van der Waals surface area contributed by atoms with Crippen LogP contribution in [0.2, 0.25) is 0 Å². The number of benzene rings is 1. The first-order valence-corrected chi connectivity index (χ1v) is 8.42. The first kappa shape index (κ1) is 16.6. The van der Waals surface area contributed by atoms with Gasteiger partial charge in [0, 0.05) is 18.2 Å². The molecule has 1 amide bonds. The summed E-state index contributed by atoms with van der Waals surface area (Å²) >= 11 is 0. The Balaban J connectivity index is 1.67. The molecule has 5 heteroatoms. The number of ether oxygens (including phenoxy) is 1. The predicted octanol–water partition coefficient (Wildman–Crippen LogP) is 3.08. The van der Waals surface area contributed by atoms with Gasteiger partial charge in [-0.05, 0) is 50.8 Å². The first-order chi connectivity index (χ1) is 11.6. The quantitative estimate of drug-likeness (QED) is 0.846. The van der Waals surface area contributed by atoms with E-state index in [1.165, 1.54) is 5.56 Å². The second kappa shape index (κ2) is 7.07. The second-order valence-corrected chi connectivity index (χ2v) is 6.41. The first-order valence-electron chi connectivity index (χ1n) is 8.42. The number of aryl methyl sites for hydroxylation is 2. The summed E-state index contributed by atoms with van der Waals surface area (Å²) < 4.78 is 10.4. The topological polar surface area (TPSA) is 55.6 Å². The van der Waals surface area contributed by atoms with E-state index in [2.05, 4.69) is 17.3 Å². The molecule has 1 aliphatic rings. The lowest BCUT2D eigenvalue weighted by Gasteiger charge is -2.25. The highest BCUT2D eigenvalue weighted by atomic mass is 16.5. The van der Waals surface area contributed by atoms with Gasteiger partial charge in [0.05, 0.1) is 19.2 Å². The molecule has 1 saturated heterocycles. The van der Waals surface area contributed by atoms with Crippen molar-refractivity contribution in [3.63, 3.8) is 0 Å². The smallest absolute Gasteiger partial charge is 0.227 e. The van der Waals surface area contributed by atoms with Gasteiger partial charge in [-0.3, -0.25) is 4.79 Å². The highest BCUT2D eigenvalue weighted by Crippen LogP contribution is 2.24. The standard InChI is InChI=1S/C19H24N2O3/c1-13-18(14(2)24-20-13)12-19(22)21-10-4-5-16(21)11-15-6-8-17(23-3)9-7-15/h6-9,16H,4-5,10-12H2,1-3H3/t16-/m1/s1. The van der Waals surface area contributed by atoms with Crippen LogP contribution in [0.3, 0.4) is 0 Å². The molecule has 0 aliphatic carbocycles. The van der Waals surface area contributed by atoms with E-state index in [0.717, 1.165) is 48.6 Å². The number of methoxy groups -OCH3 is 1. The van der Waals surface area contributed by atoms with E-state index in [-0.39, 0.29) is 11.9 Å². The molecule has 1 aromatic heterocycles. The zero-order valence-electron chi connectivity index (χ0n) is 14.5. The van der Waals surface area contributed by atoms with Gasteiger partial charge in [-0.2, -0.15) is 0 Å². The third-order valence-corrected chi connectivity index (χ3v) is 4.84. The van der Waals surface area contributed by atoms with Gasteiger partial charge in [0.2, 0.25) is 5.91 Å². The largest absolute Gasteiger partial charge is 0.497 e. The monoisotopic (exact) mass is 328 g/mol. The molecule has 1 fully saturated rings. The Morgan fingerprint density at radius 3 is 2.71 bits per heavy atom. The van der Waals surface area contributed by atoms with Crippen LogP contribution < -0.4 is 4.74 Å². The van der Waals surface area contributed by atoms with Crippen LogP contribution in [0.4, 0.5) is 0 Å². The van der Waals surface area contributed by atoms with Crippen molar-refractivity contribution in [1.82, 2.24) is 10.1 Å². The highest BCUT2D eigenvalue weighted by molar-refractivity contribution is 5.79. The van der Waals surface area contributed by atoms with Crippen molar-refractivity contribution in [3.8, 4) is 5.75 Å². The van der Waals surface area contributed by atoms with E-state index in [4.69, 9.17) is 9.26 Å². The molecule has 128 valence electrons. The molecule has 0 spiro atoms. The summed E-state index contributed by atoms with van der Waals surface area (Å²) in [5, 5.41) is 3.94. The molecule has 2 heterocycles. The average molecular weight is 328 g/mol. The third-order valence-electron chi connectivity index (χ3n) is 4.84. The van der Waals surface area contributed by atoms with Crippen LogP contribution in [0, 0.1) is 13.8 Å². The van der Waals surface area contributed by atoms with Crippen LogP contribution in [0.5, 0.6) is 5.75 Å². The third kappa shape index (κ3) is 3.45. The van der Waals surface area contributed by atoms with Gasteiger partial charge in [0.1, 0.15) is 11.5 Å². The van der Waals surface area contributed by atoms with Gasteiger partial charge in [-0.15, -0.1) is 0 Å². The van der Waals surface area contributed by atoms with Crippen LogP contribution in [0.25, 0.3) is 0 Å². The van der Waals surface area contributed by atoms with Crippen molar-refractivity contribution >= 4 is 5.91 Å². The lowest BCUT2D eigenvalue weighted by Crippen LogP contribution is -2.37. The van der Waals surface area contributed by atoms with Crippen molar-refractivity contribution in [3.05, 3.63) is 46.8 Å². The van der Waals surface area contributed by atoms with E-state index < -0.39 is 0 Å². The van der Waals surface area contributed by atoms with Gasteiger partial charge in [-0.25, -0.2) is 0 Å². The summed E-state index contributed by atoms with van der Waals surface area (Å²) in [6, 6.07) is 8.37. The van der Waals surface area contributed by atoms with Gasteiger partial charge in [0.15, 0.2) is 0 Å². The fourth-order valence-electron chi connectivity index (χ4n) is 3.42. The number of nitrogens with zero attached hydrogens (tertiary/aromatic N) is 2. The summed E-state index contributed by atoms with van der Waals surface area (Å²) in [5.74, 6) is 1.77. The molecule has 0 unspecified atom stereocenters. The van der Waals surface area contributed by atoms with E-state index >= 15 is 0 Å². The van der Waals surface area contributed by atoms with Crippen molar-refractivity contribution < 1.29 is 14.1 Å². The van der Waals surface area contributed by atoms with Crippen LogP contribution in [-0.4, -0.2) is 35.7 Å².